The summed E-state index contributed by atoms with van der Waals surface area (Å²) in [5, 5.41) is 2.92. The van der Waals surface area contributed by atoms with Crippen LogP contribution in [0.2, 0.25) is 0 Å². The number of hydrogen-bond acceptors (Lipinski definition) is 2. The molecule has 1 aliphatic heterocycles. The van der Waals surface area contributed by atoms with Crippen molar-refractivity contribution in [2.45, 2.75) is 45.1 Å². The summed E-state index contributed by atoms with van der Waals surface area (Å²) in [4.78, 5) is 26.2. The second kappa shape index (κ2) is 3.97. The largest absolute Gasteiger partial charge is 0.340 e. The molecule has 1 heterocycles. The Balaban J connectivity index is 1.72. The lowest BCUT2D eigenvalue weighted by atomic mass is 9.90. The molecule has 0 aromatic rings. The Kier molecular flexibility index (Phi) is 2.65. The van der Waals surface area contributed by atoms with Gasteiger partial charge in [-0.25, -0.2) is 0 Å². The van der Waals surface area contributed by atoms with Gasteiger partial charge in [-0.3, -0.25) is 9.59 Å². The van der Waals surface area contributed by atoms with E-state index in [2.05, 4.69) is 12.2 Å². The van der Waals surface area contributed by atoms with Crippen LogP contribution in [0.25, 0.3) is 0 Å². The molecule has 2 atom stereocenters. The minimum Gasteiger partial charge on any atom is -0.340 e. The van der Waals surface area contributed by atoms with E-state index in [1.165, 1.54) is 12.8 Å². The van der Waals surface area contributed by atoms with Crippen LogP contribution in [0.4, 0.5) is 0 Å². The Bertz CT molecular complexity index is 387. The highest BCUT2D eigenvalue weighted by atomic mass is 16.2. The molecule has 1 saturated heterocycles. The molecule has 100 valence electrons. The van der Waals surface area contributed by atoms with Gasteiger partial charge in [-0.15, -0.1) is 0 Å². The summed E-state index contributed by atoms with van der Waals surface area (Å²) in [6.07, 6.45) is 4.70. The van der Waals surface area contributed by atoms with Crippen molar-refractivity contribution in [1.29, 1.82) is 0 Å². The van der Waals surface area contributed by atoms with E-state index in [0.29, 0.717) is 11.8 Å². The Labute approximate surface area is 108 Å². The van der Waals surface area contributed by atoms with E-state index < -0.39 is 5.54 Å². The number of carbonyl (C=O) groups excluding carboxylic acids is 2. The Hall–Kier alpha value is -1.06. The van der Waals surface area contributed by atoms with Crippen molar-refractivity contribution in [3.05, 3.63) is 0 Å². The monoisotopic (exact) mass is 250 g/mol. The van der Waals surface area contributed by atoms with Gasteiger partial charge in [-0.1, -0.05) is 6.92 Å². The van der Waals surface area contributed by atoms with Gasteiger partial charge >= 0.3 is 0 Å². The van der Waals surface area contributed by atoms with Gasteiger partial charge in [0.2, 0.25) is 11.8 Å². The van der Waals surface area contributed by atoms with Crippen molar-refractivity contribution in [3.8, 4) is 0 Å². The second-order valence-electron chi connectivity index (χ2n) is 6.53. The summed E-state index contributed by atoms with van der Waals surface area (Å²) in [5.74, 6) is 1.80. The average Bonchev–Trinajstić information content (AvgIpc) is 3.18. The number of nitrogens with zero attached hydrogens (tertiary/aromatic N) is 1. The molecule has 0 bridgehead atoms. The topological polar surface area (TPSA) is 49.4 Å². The summed E-state index contributed by atoms with van der Waals surface area (Å²) in [5.41, 5.74) is -0.626. The van der Waals surface area contributed by atoms with Crippen LogP contribution < -0.4 is 5.32 Å². The molecule has 2 saturated carbocycles. The van der Waals surface area contributed by atoms with Crippen LogP contribution in [0.1, 0.15) is 39.5 Å². The molecule has 3 fully saturated rings. The van der Waals surface area contributed by atoms with Crippen LogP contribution >= 0.6 is 0 Å². The maximum absolute atomic E-state index is 12.6. The van der Waals surface area contributed by atoms with Gasteiger partial charge in [-0.05, 0) is 50.4 Å². The number of hydrogen-bond donors (Lipinski definition) is 1. The van der Waals surface area contributed by atoms with Crippen LogP contribution in [0.15, 0.2) is 0 Å². The fraction of sp³-hybridized carbons (Fsp3) is 0.857. The van der Waals surface area contributed by atoms with Crippen molar-refractivity contribution in [2.24, 2.45) is 17.8 Å². The molecular weight excluding hydrogens is 228 g/mol. The van der Waals surface area contributed by atoms with Crippen LogP contribution in [0, 0.1) is 17.8 Å². The van der Waals surface area contributed by atoms with E-state index >= 15 is 0 Å². The second-order valence-corrected chi connectivity index (χ2v) is 6.53. The van der Waals surface area contributed by atoms with Gasteiger partial charge in [0.15, 0.2) is 0 Å². The summed E-state index contributed by atoms with van der Waals surface area (Å²) >= 11 is 0. The van der Waals surface area contributed by atoms with Crippen LogP contribution in [-0.4, -0.2) is 35.3 Å². The number of piperazine rings is 1. The summed E-state index contributed by atoms with van der Waals surface area (Å²) in [7, 11) is 0. The molecule has 2 unspecified atom stereocenters. The molecule has 18 heavy (non-hydrogen) atoms. The molecule has 4 nitrogen and oxygen atoms in total. The molecule has 2 aliphatic carbocycles. The Morgan fingerprint density at radius 3 is 2.56 bits per heavy atom. The standard InChI is InChI=1S/C14H22N2O2/c1-9(10-3-4-10)7-16-8-12(17)15-14(2,13(16)18)11-5-6-11/h9-11H,3-8H2,1-2H3,(H,15,17). The van der Waals surface area contributed by atoms with Gasteiger partial charge in [0.25, 0.3) is 0 Å². The SMILES string of the molecule is CC(CN1CC(=O)NC(C)(C2CC2)C1=O)C1CC1. The lowest BCUT2D eigenvalue weighted by Gasteiger charge is -2.41. The third-order valence-electron chi connectivity index (χ3n) is 4.79. The van der Waals surface area contributed by atoms with Gasteiger partial charge < -0.3 is 10.2 Å². The zero-order chi connectivity index (χ0) is 12.9. The fourth-order valence-corrected chi connectivity index (χ4v) is 3.20. The average molecular weight is 250 g/mol. The van der Waals surface area contributed by atoms with Crippen molar-refractivity contribution < 1.29 is 9.59 Å². The first kappa shape index (κ1) is 12.0. The third kappa shape index (κ3) is 2.02. The molecule has 4 heteroatoms. The molecule has 0 aromatic carbocycles. The molecular formula is C14H22N2O2. The van der Waals surface area contributed by atoms with E-state index in [0.717, 1.165) is 25.3 Å². The number of carbonyl (C=O) groups is 2. The van der Waals surface area contributed by atoms with E-state index in [1.807, 2.05) is 6.92 Å². The quantitative estimate of drug-likeness (QED) is 0.814. The van der Waals surface area contributed by atoms with Crippen LogP contribution in [-0.2, 0) is 9.59 Å². The van der Waals surface area contributed by atoms with Crippen molar-refractivity contribution in [2.75, 3.05) is 13.1 Å². The first-order chi connectivity index (χ1) is 8.50. The van der Waals surface area contributed by atoms with Gasteiger partial charge in [0, 0.05) is 6.54 Å². The van der Waals surface area contributed by atoms with Gasteiger partial charge in [-0.2, -0.15) is 0 Å². The smallest absolute Gasteiger partial charge is 0.248 e. The third-order valence-corrected chi connectivity index (χ3v) is 4.79. The highest BCUT2D eigenvalue weighted by Crippen LogP contribution is 2.42. The Morgan fingerprint density at radius 1 is 1.33 bits per heavy atom. The van der Waals surface area contributed by atoms with Crippen LogP contribution in [0.3, 0.4) is 0 Å². The van der Waals surface area contributed by atoms with E-state index in [1.54, 1.807) is 4.90 Å². The molecule has 0 aromatic heterocycles. The first-order valence-corrected chi connectivity index (χ1v) is 7.11. The highest BCUT2D eigenvalue weighted by molar-refractivity contribution is 5.98. The van der Waals surface area contributed by atoms with Gasteiger partial charge in [0.1, 0.15) is 5.54 Å². The van der Waals surface area contributed by atoms with Crippen molar-refractivity contribution in [1.82, 2.24) is 10.2 Å². The molecule has 3 aliphatic rings. The van der Waals surface area contributed by atoms with Crippen molar-refractivity contribution in [3.63, 3.8) is 0 Å². The molecule has 2 amide bonds. The van der Waals surface area contributed by atoms with E-state index in [4.69, 9.17) is 0 Å². The maximum Gasteiger partial charge on any atom is 0.248 e. The zero-order valence-electron chi connectivity index (χ0n) is 11.2. The lowest BCUT2D eigenvalue weighted by Crippen LogP contribution is -2.66. The molecule has 1 N–H and O–H groups in total. The molecule has 3 rings (SSSR count). The van der Waals surface area contributed by atoms with Gasteiger partial charge in [0.05, 0.1) is 6.54 Å². The summed E-state index contributed by atoms with van der Waals surface area (Å²) in [6, 6.07) is 0. The van der Waals surface area contributed by atoms with Crippen LogP contribution in [0.5, 0.6) is 0 Å². The molecule has 0 spiro atoms. The number of amides is 2. The van der Waals surface area contributed by atoms with E-state index in [9.17, 15) is 9.59 Å². The minimum absolute atomic E-state index is 0.00648. The maximum atomic E-state index is 12.6. The number of rotatable bonds is 4. The lowest BCUT2D eigenvalue weighted by molar-refractivity contribution is -0.150. The first-order valence-electron chi connectivity index (χ1n) is 7.11. The minimum atomic E-state index is -0.626. The Morgan fingerprint density at radius 2 is 2.00 bits per heavy atom. The number of nitrogens with one attached hydrogen (secondary N) is 1. The molecule has 0 radical (unpaired) electrons. The predicted molar refractivity (Wildman–Crippen MR) is 67.7 cm³/mol. The normalized spacial score (nSPS) is 34.4. The fourth-order valence-electron chi connectivity index (χ4n) is 3.20. The zero-order valence-corrected chi connectivity index (χ0v) is 11.2. The highest BCUT2D eigenvalue weighted by Gasteiger charge is 2.52. The van der Waals surface area contributed by atoms with Crippen molar-refractivity contribution >= 4 is 11.8 Å². The summed E-state index contributed by atoms with van der Waals surface area (Å²) in [6.45, 7) is 5.10. The predicted octanol–water partition coefficient (Wildman–Crippen LogP) is 1.16. The van der Waals surface area contributed by atoms with E-state index in [-0.39, 0.29) is 18.4 Å². The summed E-state index contributed by atoms with van der Waals surface area (Å²) < 4.78 is 0.